The molecule has 1 atom stereocenters. The highest BCUT2D eigenvalue weighted by atomic mass is 32.2. The van der Waals surface area contributed by atoms with E-state index in [0.717, 1.165) is 37.6 Å². The molecule has 1 aromatic carbocycles. The van der Waals surface area contributed by atoms with Crippen molar-refractivity contribution in [2.24, 2.45) is 0 Å². The number of benzene rings is 1. The molecular weight excluding hydrogens is 403 g/mol. The number of nitrogens with one attached hydrogen (secondary N) is 1. The van der Waals surface area contributed by atoms with Crippen LogP contribution in [0.2, 0.25) is 0 Å². The summed E-state index contributed by atoms with van der Waals surface area (Å²) in [6.45, 7) is 3.26. The van der Waals surface area contributed by atoms with Crippen LogP contribution in [0.5, 0.6) is 0 Å². The van der Waals surface area contributed by atoms with E-state index in [1.807, 2.05) is 12.1 Å². The third-order valence-electron chi connectivity index (χ3n) is 5.35. The molecule has 2 aliphatic rings. The minimum atomic E-state index is -1.15. The van der Waals surface area contributed by atoms with Gasteiger partial charge in [-0.3, -0.25) is 4.98 Å². The first-order valence-electron chi connectivity index (χ1n) is 9.89. The molecular formula is C21H21FN6OS. The molecule has 0 saturated carbocycles. The summed E-state index contributed by atoms with van der Waals surface area (Å²) < 4.78 is 26.1. The second-order valence-electron chi connectivity index (χ2n) is 7.26. The number of anilines is 4. The number of nitrogens with zero attached hydrogens (tertiary/aromatic N) is 5. The van der Waals surface area contributed by atoms with Gasteiger partial charge in [-0.1, -0.05) is 6.07 Å². The Morgan fingerprint density at radius 1 is 1.00 bits per heavy atom. The first-order chi connectivity index (χ1) is 14.7. The third kappa shape index (κ3) is 3.78. The summed E-state index contributed by atoms with van der Waals surface area (Å²) in [6, 6.07) is 10.2. The van der Waals surface area contributed by atoms with E-state index in [9.17, 15) is 8.94 Å². The van der Waals surface area contributed by atoms with Crippen LogP contribution < -0.4 is 15.1 Å². The number of fused-ring (bicyclic) bond motifs is 1. The summed E-state index contributed by atoms with van der Waals surface area (Å²) in [4.78, 5) is 18.6. The monoisotopic (exact) mass is 424 g/mol. The Kier molecular flexibility index (Phi) is 5.14. The van der Waals surface area contributed by atoms with Gasteiger partial charge in [-0.25, -0.2) is 9.37 Å². The summed E-state index contributed by atoms with van der Waals surface area (Å²) in [6.07, 6.45) is 4.26. The first kappa shape index (κ1) is 19.1. The standard InChI is InChI=1S/C21H21FN6OS/c22-15-2-1-3-16(14-15)24-20-19-18(6-13-30(19)29)25-21(26-20)28-11-9-27(10-12-28)17-4-7-23-8-5-17/h1-5,7-8,14H,6,9-13H2,(H,24,25,26). The van der Waals surface area contributed by atoms with Crippen LogP contribution in [0.15, 0.2) is 53.7 Å². The zero-order chi connectivity index (χ0) is 20.5. The van der Waals surface area contributed by atoms with Crippen molar-refractivity contribution in [2.45, 2.75) is 11.3 Å². The number of aryl methyl sites for hydroxylation is 1. The van der Waals surface area contributed by atoms with Crippen LogP contribution in [0.4, 0.5) is 27.5 Å². The van der Waals surface area contributed by atoms with Crippen molar-refractivity contribution in [2.75, 3.05) is 47.0 Å². The second kappa shape index (κ2) is 8.08. The molecule has 3 aromatic rings. The van der Waals surface area contributed by atoms with Gasteiger partial charge in [-0.15, -0.1) is 0 Å². The maximum absolute atomic E-state index is 13.6. The SMILES string of the molecule is [O-][S+]1CCc2nc(N3CCN(c4ccncc4)CC3)nc(Nc3cccc(F)c3)c21. The van der Waals surface area contributed by atoms with E-state index in [4.69, 9.17) is 9.97 Å². The van der Waals surface area contributed by atoms with Crippen LogP contribution in [0.1, 0.15) is 5.69 Å². The van der Waals surface area contributed by atoms with Gasteiger partial charge in [0.2, 0.25) is 10.8 Å². The predicted molar refractivity (Wildman–Crippen MR) is 115 cm³/mol. The summed E-state index contributed by atoms with van der Waals surface area (Å²) >= 11 is -1.15. The molecule has 4 heterocycles. The Labute approximate surface area is 177 Å². The van der Waals surface area contributed by atoms with Crippen molar-refractivity contribution in [3.63, 3.8) is 0 Å². The normalized spacial score (nSPS) is 18.4. The minimum Gasteiger partial charge on any atom is -0.611 e. The fourth-order valence-electron chi connectivity index (χ4n) is 3.83. The molecule has 0 aliphatic carbocycles. The first-order valence-corrected chi connectivity index (χ1v) is 11.2. The van der Waals surface area contributed by atoms with Crippen molar-refractivity contribution in [3.05, 3.63) is 60.3 Å². The van der Waals surface area contributed by atoms with E-state index in [1.54, 1.807) is 24.5 Å². The molecule has 7 nitrogen and oxygen atoms in total. The Hall–Kier alpha value is -2.91. The number of pyridine rings is 1. The van der Waals surface area contributed by atoms with Crippen molar-refractivity contribution >= 4 is 34.3 Å². The average molecular weight is 425 g/mol. The molecule has 154 valence electrons. The molecule has 1 saturated heterocycles. The number of aromatic nitrogens is 3. The van der Waals surface area contributed by atoms with E-state index in [1.165, 1.54) is 12.1 Å². The van der Waals surface area contributed by atoms with Crippen molar-refractivity contribution in [1.29, 1.82) is 0 Å². The molecule has 1 unspecified atom stereocenters. The van der Waals surface area contributed by atoms with Crippen molar-refractivity contribution < 1.29 is 8.94 Å². The molecule has 5 rings (SSSR count). The van der Waals surface area contributed by atoms with Gasteiger partial charge in [0.05, 0.1) is 0 Å². The van der Waals surface area contributed by atoms with Gasteiger partial charge in [0.1, 0.15) is 17.3 Å². The highest BCUT2D eigenvalue weighted by molar-refractivity contribution is 7.91. The molecule has 1 N–H and O–H groups in total. The summed E-state index contributed by atoms with van der Waals surface area (Å²) in [7, 11) is 0. The lowest BCUT2D eigenvalue weighted by Gasteiger charge is -2.36. The molecule has 0 spiro atoms. The quantitative estimate of drug-likeness (QED) is 0.645. The maximum Gasteiger partial charge on any atom is 0.228 e. The maximum atomic E-state index is 13.6. The van der Waals surface area contributed by atoms with Gasteiger partial charge in [-0.2, -0.15) is 4.98 Å². The molecule has 30 heavy (non-hydrogen) atoms. The topological polar surface area (TPSA) is 80.2 Å². The molecule has 1 fully saturated rings. The van der Waals surface area contributed by atoms with Gasteiger partial charge in [0, 0.05) is 56.4 Å². The lowest BCUT2D eigenvalue weighted by Crippen LogP contribution is -2.47. The average Bonchev–Trinajstić information content (AvgIpc) is 3.15. The highest BCUT2D eigenvalue weighted by Crippen LogP contribution is 2.34. The third-order valence-corrected chi connectivity index (χ3v) is 6.81. The van der Waals surface area contributed by atoms with Gasteiger partial charge in [-0.05, 0) is 41.5 Å². The van der Waals surface area contributed by atoms with Crippen molar-refractivity contribution in [1.82, 2.24) is 15.0 Å². The van der Waals surface area contributed by atoms with Gasteiger partial charge in [0.15, 0.2) is 5.82 Å². The van der Waals surface area contributed by atoms with E-state index in [0.29, 0.717) is 34.5 Å². The van der Waals surface area contributed by atoms with Crippen molar-refractivity contribution in [3.8, 4) is 0 Å². The molecule has 2 aliphatic heterocycles. The molecule has 0 bridgehead atoms. The van der Waals surface area contributed by atoms with Gasteiger partial charge in [0.25, 0.3) is 0 Å². The minimum absolute atomic E-state index is 0.334. The number of hydrogen-bond acceptors (Lipinski definition) is 7. The lowest BCUT2D eigenvalue weighted by molar-refractivity contribution is 0.598. The summed E-state index contributed by atoms with van der Waals surface area (Å²) in [5.41, 5.74) is 2.55. The van der Waals surface area contributed by atoms with Crippen LogP contribution >= 0.6 is 0 Å². The van der Waals surface area contributed by atoms with Gasteiger partial charge < -0.3 is 19.7 Å². The zero-order valence-corrected chi connectivity index (χ0v) is 17.1. The lowest BCUT2D eigenvalue weighted by atomic mass is 10.2. The number of halogens is 1. The van der Waals surface area contributed by atoms with E-state index in [-0.39, 0.29) is 5.82 Å². The number of piperazine rings is 1. The Morgan fingerprint density at radius 3 is 2.53 bits per heavy atom. The highest BCUT2D eigenvalue weighted by Gasteiger charge is 2.33. The largest absolute Gasteiger partial charge is 0.611 e. The molecule has 0 radical (unpaired) electrons. The number of hydrogen-bond donors (Lipinski definition) is 1. The fraction of sp³-hybridized carbons (Fsp3) is 0.286. The van der Waals surface area contributed by atoms with Gasteiger partial charge >= 0.3 is 0 Å². The number of rotatable bonds is 4. The molecule has 0 amide bonds. The fourth-order valence-corrected chi connectivity index (χ4v) is 5.14. The summed E-state index contributed by atoms with van der Waals surface area (Å²) in [5.74, 6) is 1.34. The smallest absolute Gasteiger partial charge is 0.228 e. The second-order valence-corrected chi connectivity index (χ2v) is 8.77. The molecule has 2 aromatic heterocycles. The van der Waals surface area contributed by atoms with Crippen LogP contribution in [0, 0.1) is 5.82 Å². The van der Waals surface area contributed by atoms with Crippen LogP contribution in [0.25, 0.3) is 0 Å². The zero-order valence-electron chi connectivity index (χ0n) is 16.3. The molecule has 9 heteroatoms. The van der Waals surface area contributed by atoms with E-state index >= 15 is 0 Å². The Bertz CT molecular complexity index is 1040. The predicted octanol–water partition coefficient (Wildman–Crippen LogP) is 2.74. The van der Waals surface area contributed by atoms with Crippen LogP contribution in [-0.2, 0) is 17.6 Å². The Morgan fingerprint density at radius 2 is 1.77 bits per heavy atom. The van der Waals surface area contributed by atoms with E-state index < -0.39 is 11.2 Å². The Balaban J connectivity index is 1.40. The summed E-state index contributed by atoms with van der Waals surface area (Å²) in [5, 5.41) is 3.16. The van der Waals surface area contributed by atoms with E-state index in [2.05, 4.69) is 20.1 Å². The van der Waals surface area contributed by atoms with Crippen LogP contribution in [-0.4, -0.2) is 51.4 Å². The van der Waals surface area contributed by atoms with Crippen LogP contribution in [0.3, 0.4) is 0 Å².